The second-order valence-electron chi connectivity index (χ2n) is 6.28. The largest absolute Gasteiger partial charge is 0.351 e. The standard InChI is InChI=1S/C14H17ClN6/c15-12-18-13(17-10-5-6-10)20-14(19-12)21(7-16)11(8-1-2-8)9-3-4-9/h8-11H,1-6H2,(H,17,18,19,20). The molecule has 0 amide bonds. The Balaban J connectivity index is 1.62. The highest BCUT2D eigenvalue weighted by molar-refractivity contribution is 6.28. The Kier molecular flexibility index (Phi) is 3.11. The molecule has 6 nitrogen and oxygen atoms in total. The summed E-state index contributed by atoms with van der Waals surface area (Å²) in [5.74, 6) is 2.09. The zero-order chi connectivity index (χ0) is 14.4. The molecule has 0 aliphatic heterocycles. The zero-order valence-electron chi connectivity index (χ0n) is 11.7. The van der Waals surface area contributed by atoms with E-state index >= 15 is 0 Å². The Morgan fingerprint density at radius 3 is 2.29 bits per heavy atom. The Morgan fingerprint density at radius 2 is 1.76 bits per heavy atom. The molecule has 0 unspecified atom stereocenters. The SMILES string of the molecule is N#CN(c1nc(Cl)nc(NC2CC2)n1)C(C1CC1)C1CC1. The van der Waals surface area contributed by atoms with Crippen molar-refractivity contribution in [3.05, 3.63) is 5.28 Å². The van der Waals surface area contributed by atoms with Gasteiger partial charge in [-0.15, -0.1) is 0 Å². The van der Waals surface area contributed by atoms with Gasteiger partial charge in [-0.3, -0.25) is 0 Å². The second kappa shape index (κ2) is 4.99. The number of hydrogen-bond acceptors (Lipinski definition) is 6. The van der Waals surface area contributed by atoms with Gasteiger partial charge in [-0.2, -0.15) is 20.2 Å². The minimum absolute atomic E-state index is 0.147. The van der Waals surface area contributed by atoms with E-state index in [1.54, 1.807) is 4.90 Å². The van der Waals surface area contributed by atoms with Crippen molar-refractivity contribution >= 4 is 23.5 Å². The van der Waals surface area contributed by atoms with Crippen molar-refractivity contribution in [1.82, 2.24) is 15.0 Å². The maximum Gasteiger partial charge on any atom is 0.245 e. The third-order valence-electron chi connectivity index (χ3n) is 4.34. The van der Waals surface area contributed by atoms with Gasteiger partial charge in [0.2, 0.25) is 17.2 Å². The number of aromatic nitrogens is 3. The van der Waals surface area contributed by atoms with Crippen molar-refractivity contribution < 1.29 is 0 Å². The van der Waals surface area contributed by atoms with Crippen LogP contribution in [0.15, 0.2) is 0 Å². The van der Waals surface area contributed by atoms with Gasteiger partial charge in [0.25, 0.3) is 0 Å². The minimum atomic E-state index is 0.147. The summed E-state index contributed by atoms with van der Waals surface area (Å²) in [5, 5.41) is 13.0. The number of halogens is 1. The first kappa shape index (κ1) is 13.1. The van der Waals surface area contributed by atoms with Gasteiger partial charge < -0.3 is 5.32 Å². The summed E-state index contributed by atoms with van der Waals surface area (Å²) in [6.45, 7) is 0. The highest BCUT2D eigenvalue weighted by Crippen LogP contribution is 2.47. The number of nitriles is 1. The Labute approximate surface area is 128 Å². The molecule has 0 bridgehead atoms. The molecule has 1 aromatic rings. The molecule has 3 saturated carbocycles. The van der Waals surface area contributed by atoms with Gasteiger partial charge in [0.05, 0.1) is 6.04 Å². The first-order valence-electron chi connectivity index (χ1n) is 7.61. The van der Waals surface area contributed by atoms with Crippen LogP contribution in [-0.2, 0) is 0 Å². The van der Waals surface area contributed by atoms with Gasteiger partial charge in [0.1, 0.15) is 0 Å². The van der Waals surface area contributed by atoms with E-state index in [4.69, 9.17) is 11.6 Å². The molecule has 110 valence electrons. The van der Waals surface area contributed by atoms with Crippen molar-refractivity contribution in [2.45, 2.75) is 50.6 Å². The highest BCUT2D eigenvalue weighted by atomic mass is 35.5. The average Bonchev–Trinajstić information content (AvgIpc) is 3.30. The number of hydrogen-bond donors (Lipinski definition) is 1. The summed E-state index contributed by atoms with van der Waals surface area (Å²) in [4.78, 5) is 14.4. The van der Waals surface area contributed by atoms with Crippen LogP contribution in [0.2, 0.25) is 5.28 Å². The molecule has 3 aliphatic rings. The molecule has 1 heterocycles. The monoisotopic (exact) mass is 304 g/mol. The maximum atomic E-state index is 9.59. The minimum Gasteiger partial charge on any atom is -0.351 e. The van der Waals surface area contributed by atoms with Crippen molar-refractivity contribution in [2.75, 3.05) is 10.2 Å². The predicted molar refractivity (Wildman–Crippen MR) is 78.8 cm³/mol. The summed E-state index contributed by atoms with van der Waals surface area (Å²) >= 11 is 6.01. The summed E-state index contributed by atoms with van der Waals surface area (Å²) < 4.78 is 0. The van der Waals surface area contributed by atoms with E-state index in [0.29, 0.717) is 29.8 Å². The van der Waals surface area contributed by atoms with Crippen molar-refractivity contribution in [3.8, 4) is 6.19 Å². The Morgan fingerprint density at radius 1 is 1.10 bits per heavy atom. The number of nitrogens with one attached hydrogen (secondary N) is 1. The molecule has 4 rings (SSSR count). The van der Waals surface area contributed by atoms with E-state index in [-0.39, 0.29) is 11.3 Å². The molecular formula is C14H17ClN6. The third-order valence-corrected chi connectivity index (χ3v) is 4.51. The lowest BCUT2D eigenvalue weighted by molar-refractivity contribution is 0.512. The molecule has 1 N–H and O–H groups in total. The van der Waals surface area contributed by atoms with Gasteiger partial charge in [-0.05, 0) is 62.0 Å². The molecule has 0 radical (unpaired) electrons. The fourth-order valence-electron chi connectivity index (χ4n) is 2.85. The van der Waals surface area contributed by atoms with Crippen molar-refractivity contribution in [3.63, 3.8) is 0 Å². The molecule has 0 spiro atoms. The van der Waals surface area contributed by atoms with Crippen LogP contribution in [-0.4, -0.2) is 27.0 Å². The lowest BCUT2D eigenvalue weighted by Gasteiger charge is -2.25. The van der Waals surface area contributed by atoms with Crippen LogP contribution in [0.1, 0.15) is 38.5 Å². The fraction of sp³-hybridized carbons (Fsp3) is 0.714. The first-order valence-corrected chi connectivity index (χ1v) is 7.99. The third kappa shape index (κ3) is 2.88. The quantitative estimate of drug-likeness (QED) is 0.643. The van der Waals surface area contributed by atoms with Crippen LogP contribution in [0.3, 0.4) is 0 Å². The molecular weight excluding hydrogens is 288 g/mol. The number of nitrogens with zero attached hydrogens (tertiary/aromatic N) is 5. The van der Waals surface area contributed by atoms with E-state index < -0.39 is 0 Å². The maximum absolute atomic E-state index is 9.59. The van der Waals surface area contributed by atoms with Crippen molar-refractivity contribution in [2.24, 2.45) is 11.8 Å². The Hall–Kier alpha value is -1.61. The van der Waals surface area contributed by atoms with E-state index in [0.717, 1.165) is 12.8 Å². The van der Waals surface area contributed by atoms with E-state index in [1.807, 2.05) is 0 Å². The first-order chi connectivity index (χ1) is 10.2. The van der Waals surface area contributed by atoms with E-state index in [2.05, 4.69) is 26.5 Å². The van der Waals surface area contributed by atoms with Gasteiger partial charge in [-0.1, -0.05) is 0 Å². The van der Waals surface area contributed by atoms with Crippen LogP contribution in [0.5, 0.6) is 0 Å². The second-order valence-corrected chi connectivity index (χ2v) is 6.62. The average molecular weight is 305 g/mol. The molecule has 0 atom stereocenters. The topological polar surface area (TPSA) is 77.7 Å². The molecule has 7 heteroatoms. The van der Waals surface area contributed by atoms with Gasteiger partial charge in [0, 0.05) is 6.04 Å². The van der Waals surface area contributed by atoms with Crippen LogP contribution >= 0.6 is 11.6 Å². The molecule has 3 aliphatic carbocycles. The number of anilines is 2. The van der Waals surface area contributed by atoms with Crippen LogP contribution in [0.4, 0.5) is 11.9 Å². The van der Waals surface area contributed by atoms with Gasteiger partial charge in [0.15, 0.2) is 6.19 Å². The smallest absolute Gasteiger partial charge is 0.245 e. The fourth-order valence-corrected chi connectivity index (χ4v) is 3.00. The zero-order valence-corrected chi connectivity index (χ0v) is 12.4. The normalized spacial score (nSPS) is 21.2. The van der Waals surface area contributed by atoms with Crippen LogP contribution < -0.4 is 10.2 Å². The molecule has 21 heavy (non-hydrogen) atoms. The van der Waals surface area contributed by atoms with E-state index in [9.17, 15) is 5.26 Å². The number of rotatable bonds is 6. The molecule has 0 saturated heterocycles. The van der Waals surface area contributed by atoms with Gasteiger partial charge in [-0.25, -0.2) is 4.90 Å². The lowest BCUT2D eigenvalue weighted by Crippen LogP contribution is -2.36. The Bertz CT molecular complexity index is 576. The van der Waals surface area contributed by atoms with Crippen molar-refractivity contribution in [1.29, 1.82) is 5.26 Å². The molecule has 3 fully saturated rings. The summed E-state index contributed by atoms with van der Waals surface area (Å²) in [7, 11) is 0. The predicted octanol–water partition coefficient (Wildman–Crippen LogP) is 2.58. The summed E-state index contributed by atoms with van der Waals surface area (Å²) in [6, 6.07) is 0.678. The van der Waals surface area contributed by atoms with Crippen LogP contribution in [0, 0.1) is 23.3 Å². The summed E-state index contributed by atoms with van der Waals surface area (Å²) in [5.41, 5.74) is 0. The highest BCUT2D eigenvalue weighted by Gasteiger charge is 2.46. The van der Waals surface area contributed by atoms with E-state index in [1.165, 1.54) is 25.7 Å². The van der Waals surface area contributed by atoms with Gasteiger partial charge >= 0.3 is 0 Å². The molecule has 1 aromatic heterocycles. The molecule has 0 aromatic carbocycles. The lowest BCUT2D eigenvalue weighted by atomic mass is 10.1. The summed E-state index contributed by atoms with van der Waals surface area (Å²) in [6.07, 6.45) is 9.34. The van der Waals surface area contributed by atoms with Crippen LogP contribution in [0.25, 0.3) is 0 Å².